The highest BCUT2D eigenvalue weighted by Gasteiger charge is 1.94. The molecule has 0 fully saturated rings. The van der Waals surface area contributed by atoms with Crippen molar-refractivity contribution in [3.63, 3.8) is 0 Å². The van der Waals surface area contributed by atoms with E-state index in [2.05, 4.69) is 5.10 Å². The van der Waals surface area contributed by atoms with Gasteiger partial charge in [0.15, 0.2) is 0 Å². The van der Waals surface area contributed by atoms with E-state index in [1.165, 1.54) is 16.9 Å². The first-order valence-electron chi connectivity index (χ1n) is 3.40. The number of rotatable bonds is 2. The van der Waals surface area contributed by atoms with Crippen LogP contribution >= 0.6 is 0 Å². The van der Waals surface area contributed by atoms with Gasteiger partial charge in [0, 0.05) is 13.1 Å². The smallest absolute Gasteiger partial charge is 0.270 e. The highest BCUT2D eigenvalue weighted by molar-refractivity contribution is 5.13. The molecule has 4 heteroatoms. The zero-order valence-electron chi connectivity index (χ0n) is 6.57. The molecule has 0 radical (unpaired) electrons. The second kappa shape index (κ2) is 3.18. The maximum absolute atomic E-state index is 10.9. The minimum atomic E-state index is -0.157. The summed E-state index contributed by atoms with van der Waals surface area (Å²) in [5.74, 6) is 0.524. The molecule has 1 aromatic rings. The fourth-order valence-electron chi connectivity index (χ4n) is 0.698. The monoisotopic (exact) mass is 154 g/mol. The van der Waals surface area contributed by atoms with Crippen molar-refractivity contribution in [3.8, 4) is 5.75 Å². The summed E-state index contributed by atoms with van der Waals surface area (Å²) in [5.41, 5.74) is -0.157. The van der Waals surface area contributed by atoms with Crippen LogP contribution in [0.2, 0.25) is 0 Å². The Labute approximate surface area is 64.4 Å². The highest BCUT2D eigenvalue weighted by Crippen LogP contribution is 2.01. The van der Waals surface area contributed by atoms with Gasteiger partial charge < -0.3 is 4.74 Å². The zero-order chi connectivity index (χ0) is 8.27. The third-order valence-electron chi connectivity index (χ3n) is 1.25. The minimum absolute atomic E-state index is 0.157. The van der Waals surface area contributed by atoms with Gasteiger partial charge in [-0.25, -0.2) is 4.68 Å². The van der Waals surface area contributed by atoms with Crippen LogP contribution in [0.15, 0.2) is 17.1 Å². The van der Waals surface area contributed by atoms with Crippen LogP contribution < -0.4 is 10.3 Å². The Hall–Kier alpha value is -1.32. The molecule has 0 saturated carbocycles. The molecule has 0 aliphatic carbocycles. The Bertz CT molecular complexity index is 293. The molecule has 1 aromatic heterocycles. The van der Waals surface area contributed by atoms with E-state index in [9.17, 15) is 4.79 Å². The molecule has 0 atom stereocenters. The first-order chi connectivity index (χ1) is 5.24. The van der Waals surface area contributed by atoms with Crippen LogP contribution in [0.5, 0.6) is 5.75 Å². The standard InChI is InChI=1S/C7H10N2O2/c1-3-11-6-4-7(10)9(2)8-5-6/h4-5H,3H2,1-2H3. The minimum Gasteiger partial charge on any atom is -0.492 e. The van der Waals surface area contributed by atoms with E-state index in [0.29, 0.717) is 12.4 Å². The molecule has 0 aliphatic rings. The van der Waals surface area contributed by atoms with Crippen molar-refractivity contribution < 1.29 is 4.74 Å². The lowest BCUT2D eigenvalue weighted by Crippen LogP contribution is -2.18. The van der Waals surface area contributed by atoms with Crippen molar-refractivity contribution >= 4 is 0 Å². The van der Waals surface area contributed by atoms with Crippen molar-refractivity contribution in [1.29, 1.82) is 0 Å². The highest BCUT2D eigenvalue weighted by atomic mass is 16.5. The number of nitrogens with zero attached hydrogens (tertiary/aromatic N) is 2. The Kier molecular flexibility index (Phi) is 2.25. The molecule has 11 heavy (non-hydrogen) atoms. The second-order valence-electron chi connectivity index (χ2n) is 2.09. The average molecular weight is 154 g/mol. The fraction of sp³-hybridized carbons (Fsp3) is 0.429. The molecule has 0 aromatic carbocycles. The number of ether oxygens (including phenoxy) is 1. The SMILES string of the molecule is CCOc1cnn(C)c(=O)c1. The van der Waals surface area contributed by atoms with Crippen molar-refractivity contribution in [1.82, 2.24) is 9.78 Å². The van der Waals surface area contributed by atoms with Crippen LogP contribution in [0.4, 0.5) is 0 Å². The van der Waals surface area contributed by atoms with Gasteiger partial charge in [-0.15, -0.1) is 0 Å². The van der Waals surface area contributed by atoms with Crippen LogP contribution in [0.3, 0.4) is 0 Å². The molecular weight excluding hydrogens is 144 g/mol. The molecule has 0 spiro atoms. The van der Waals surface area contributed by atoms with Gasteiger partial charge in [0.25, 0.3) is 5.56 Å². The first kappa shape index (κ1) is 7.78. The summed E-state index contributed by atoms with van der Waals surface area (Å²) in [7, 11) is 1.60. The second-order valence-corrected chi connectivity index (χ2v) is 2.09. The van der Waals surface area contributed by atoms with Crippen LogP contribution in [-0.2, 0) is 7.05 Å². The summed E-state index contributed by atoms with van der Waals surface area (Å²) < 4.78 is 6.32. The number of aryl methyl sites for hydroxylation is 1. The van der Waals surface area contributed by atoms with E-state index >= 15 is 0 Å². The lowest BCUT2D eigenvalue weighted by atomic mass is 10.5. The topological polar surface area (TPSA) is 44.1 Å². The summed E-state index contributed by atoms with van der Waals surface area (Å²) in [6, 6.07) is 1.41. The van der Waals surface area contributed by atoms with Crippen molar-refractivity contribution in [2.24, 2.45) is 7.05 Å². The Morgan fingerprint density at radius 3 is 3.00 bits per heavy atom. The van der Waals surface area contributed by atoms with E-state index < -0.39 is 0 Å². The Morgan fingerprint density at radius 2 is 2.45 bits per heavy atom. The summed E-state index contributed by atoms with van der Waals surface area (Å²) in [6.45, 7) is 2.41. The Morgan fingerprint density at radius 1 is 1.73 bits per heavy atom. The molecule has 1 rings (SSSR count). The van der Waals surface area contributed by atoms with Gasteiger partial charge in [-0.2, -0.15) is 5.10 Å². The molecule has 4 nitrogen and oxygen atoms in total. The molecule has 60 valence electrons. The maximum atomic E-state index is 10.9. The van der Waals surface area contributed by atoms with Gasteiger partial charge in [-0.05, 0) is 6.92 Å². The van der Waals surface area contributed by atoms with Crippen molar-refractivity contribution in [3.05, 3.63) is 22.6 Å². The van der Waals surface area contributed by atoms with E-state index in [0.717, 1.165) is 0 Å². The number of aromatic nitrogens is 2. The Balaban J connectivity index is 2.96. The van der Waals surface area contributed by atoms with E-state index in [-0.39, 0.29) is 5.56 Å². The predicted molar refractivity (Wildman–Crippen MR) is 40.6 cm³/mol. The molecule has 0 bridgehead atoms. The van der Waals surface area contributed by atoms with Gasteiger partial charge in [-0.3, -0.25) is 4.79 Å². The number of hydrogen-bond donors (Lipinski definition) is 0. The lowest BCUT2D eigenvalue weighted by Gasteiger charge is -2.01. The molecule has 0 amide bonds. The van der Waals surface area contributed by atoms with Gasteiger partial charge in [0.2, 0.25) is 0 Å². The van der Waals surface area contributed by atoms with Gasteiger partial charge >= 0.3 is 0 Å². The molecule has 0 saturated heterocycles. The zero-order valence-corrected chi connectivity index (χ0v) is 6.57. The first-order valence-corrected chi connectivity index (χ1v) is 3.40. The third-order valence-corrected chi connectivity index (χ3v) is 1.25. The lowest BCUT2D eigenvalue weighted by molar-refractivity contribution is 0.336. The quantitative estimate of drug-likeness (QED) is 0.610. The summed E-state index contributed by atoms with van der Waals surface area (Å²) in [5, 5.41) is 3.78. The third kappa shape index (κ3) is 1.80. The number of hydrogen-bond acceptors (Lipinski definition) is 3. The predicted octanol–water partition coefficient (Wildman–Crippen LogP) is 0.179. The van der Waals surface area contributed by atoms with Gasteiger partial charge in [0.05, 0.1) is 12.8 Å². The summed E-state index contributed by atoms with van der Waals surface area (Å²) in [4.78, 5) is 10.9. The molecule has 1 heterocycles. The van der Waals surface area contributed by atoms with Crippen LogP contribution in [0.1, 0.15) is 6.92 Å². The molecule has 0 unspecified atom stereocenters. The van der Waals surface area contributed by atoms with E-state index in [4.69, 9.17) is 4.74 Å². The molecular formula is C7H10N2O2. The van der Waals surface area contributed by atoms with Crippen molar-refractivity contribution in [2.45, 2.75) is 6.92 Å². The molecule has 0 N–H and O–H groups in total. The van der Waals surface area contributed by atoms with Crippen LogP contribution in [0.25, 0.3) is 0 Å². The van der Waals surface area contributed by atoms with Gasteiger partial charge in [0.1, 0.15) is 5.75 Å². The summed E-state index contributed by atoms with van der Waals surface area (Å²) in [6.07, 6.45) is 1.52. The summed E-state index contributed by atoms with van der Waals surface area (Å²) >= 11 is 0. The van der Waals surface area contributed by atoms with E-state index in [1.54, 1.807) is 7.05 Å². The van der Waals surface area contributed by atoms with Crippen LogP contribution in [-0.4, -0.2) is 16.4 Å². The fourth-order valence-corrected chi connectivity index (χ4v) is 0.698. The normalized spacial score (nSPS) is 9.64. The van der Waals surface area contributed by atoms with E-state index in [1.807, 2.05) is 6.92 Å². The largest absolute Gasteiger partial charge is 0.492 e. The van der Waals surface area contributed by atoms with Crippen molar-refractivity contribution in [2.75, 3.05) is 6.61 Å². The average Bonchev–Trinajstić information content (AvgIpc) is 1.98. The van der Waals surface area contributed by atoms with Crippen LogP contribution in [0, 0.1) is 0 Å². The molecule has 0 aliphatic heterocycles. The van der Waals surface area contributed by atoms with Gasteiger partial charge in [-0.1, -0.05) is 0 Å². The maximum Gasteiger partial charge on any atom is 0.270 e.